The van der Waals surface area contributed by atoms with E-state index < -0.39 is 0 Å². The van der Waals surface area contributed by atoms with Gasteiger partial charge < -0.3 is 14.7 Å². The van der Waals surface area contributed by atoms with Crippen LogP contribution in [0.25, 0.3) is 11.4 Å². The lowest BCUT2D eigenvalue weighted by Crippen LogP contribution is -2.24. The Labute approximate surface area is 178 Å². The zero-order valence-electron chi connectivity index (χ0n) is 16.9. The first-order chi connectivity index (χ1) is 15.2. The number of aryl methyl sites for hydroxylation is 1. The van der Waals surface area contributed by atoms with Gasteiger partial charge in [-0.3, -0.25) is 10.1 Å². The molecule has 1 unspecified atom stereocenters. The number of hydrogen-bond acceptors (Lipinski definition) is 8. The van der Waals surface area contributed by atoms with Gasteiger partial charge in [-0.05, 0) is 31.9 Å². The van der Waals surface area contributed by atoms with Gasteiger partial charge in [0, 0.05) is 30.6 Å². The zero-order chi connectivity index (χ0) is 21.2. The SMILES string of the molecule is C#Cc1cnc(N2CCCC2c2cc(-c3ccccn3)no2)nc1Nc1cc(C)[nH]n1. The van der Waals surface area contributed by atoms with Crippen molar-refractivity contribution in [3.8, 4) is 23.7 Å². The van der Waals surface area contributed by atoms with E-state index in [1.54, 1.807) is 12.4 Å². The van der Waals surface area contributed by atoms with Crippen LogP contribution < -0.4 is 10.2 Å². The molecule has 1 aliphatic rings. The molecule has 5 heterocycles. The number of aromatic nitrogens is 6. The number of anilines is 3. The van der Waals surface area contributed by atoms with Gasteiger partial charge in [-0.1, -0.05) is 17.1 Å². The number of pyridine rings is 1. The van der Waals surface area contributed by atoms with Gasteiger partial charge in [0.25, 0.3) is 0 Å². The average Bonchev–Trinajstić information content (AvgIpc) is 3.55. The highest BCUT2D eigenvalue weighted by atomic mass is 16.5. The minimum atomic E-state index is -0.0119. The molecule has 5 rings (SSSR count). The molecular weight excluding hydrogens is 392 g/mol. The summed E-state index contributed by atoms with van der Waals surface area (Å²) in [4.78, 5) is 15.7. The number of nitrogens with zero attached hydrogens (tertiary/aromatic N) is 6. The molecule has 0 amide bonds. The minimum absolute atomic E-state index is 0.0119. The van der Waals surface area contributed by atoms with E-state index in [0.29, 0.717) is 28.8 Å². The third-order valence-electron chi connectivity index (χ3n) is 5.18. The molecular formula is C22H20N8O. The molecule has 0 spiro atoms. The highest BCUT2D eigenvalue weighted by Gasteiger charge is 2.32. The molecule has 9 heteroatoms. The Bertz CT molecular complexity index is 1240. The van der Waals surface area contributed by atoms with Crippen LogP contribution in [0.1, 0.15) is 35.9 Å². The monoisotopic (exact) mass is 412 g/mol. The van der Waals surface area contributed by atoms with E-state index in [4.69, 9.17) is 15.9 Å². The summed E-state index contributed by atoms with van der Waals surface area (Å²) in [5.74, 6) is 5.15. The molecule has 154 valence electrons. The Kier molecular flexibility index (Phi) is 4.80. The van der Waals surface area contributed by atoms with Crippen LogP contribution in [0, 0.1) is 19.3 Å². The molecule has 4 aromatic heterocycles. The fourth-order valence-electron chi connectivity index (χ4n) is 3.70. The topological polar surface area (TPSA) is 109 Å². The van der Waals surface area contributed by atoms with E-state index in [-0.39, 0.29) is 6.04 Å². The maximum Gasteiger partial charge on any atom is 0.227 e. The summed E-state index contributed by atoms with van der Waals surface area (Å²) in [6.07, 6.45) is 10.9. The fraction of sp³-hybridized carbons (Fsp3) is 0.227. The van der Waals surface area contributed by atoms with Gasteiger partial charge in [0.15, 0.2) is 17.4 Å². The smallest absolute Gasteiger partial charge is 0.227 e. The van der Waals surface area contributed by atoms with Crippen LogP contribution in [0.2, 0.25) is 0 Å². The van der Waals surface area contributed by atoms with E-state index in [9.17, 15) is 0 Å². The first kappa shape index (κ1) is 18.8. The van der Waals surface area contributed by atoms with Gasteiger partial charge in [0.05, 0.1) is 23.5 Å². The Morgan fingerprint density at radius 3 is 2.97 bits per heavy atom. The van der Waals surface area contributed by atoms with Crippen molar-refractivity contribution in [3.05, 3.63) is 59.7 Å². The van der Waals surface area contributed by atoms with Crippen LogP contribution in [0.5, 0.6) is 0 Å². The van der Waals surface area contributed by atoms with Gasteiger partial charge in [-0.25, -0.2) is 4.98 Å². The number of terminal acetylenes is 1. The van der Waals surface area contributed by atoms with Crippen molar-refractivity contribution < 1.29 is 4.52 Å². The predicted octanol–water partition coefficient (Wildman–Crippen LogP) is 3.62. The Morgan fingerprint density at radius 1 is 1.26 bits per heavy atom. The second-order valence-electron chi connectivity index (χ2n) is 7.32. The molecule has 0 aliphatic carbocycles. The van der Waals surface area contributed by atoms with Gasteiger partial charge in [-0.2, -0.15) is 10.1 Å². The van der Waals surface area contributed by atoms with Crippen LogP contribution in [0.3, 0.4) is 0 Å². The van der Waals surface area contributed by atoms with Crippen molar-refractivity contribution in [1.29, 1.82) is 0 Å². The standard InChI is InChI=1S/C22H20N8O/c1-3-15-13-24-22(26-21(15)25-20-11-14(2)27-28-20)30-10-6-8-18(30)19-12-17(29-31-19)16-7-4-5-9-23-16/h1,4-5,7,9,11-13,18H,6,8,10H2,2H3,(H2,24,25,26,27,28). The van der Waals surface area contributed by atoms with Crippen molar-refractivity contribution in [2.24, 2.45) is 0 Å². The summed E-state index contributed by atoms with van der Waals surface area (Å²) in [5, 5.41) is 14.5. The first-order valence-electron chi connectivity index (χ1n) is 9.98. The van der Waals surface area contributed by atoms with Gasteiger partial charge in [0.2, 0.25) is 5.95 Å². The highest BCUT2D eigenvalue weighted by molar-refractivity contribution is 5.62. The average molecular weight is 412 g/mol. The van der Waals surface area contributed by atoms with E-state index in [1.165, 1.54) is 0 Å². The van der Waals surface area contributed by atoms with Crippen molar-refractivity contribution >= 4 is 17.6 Å². The van der Waals surface area contributed by atoms with Crippen LogP contribution in [0.15, 0.2) is 47.2 Å². The highest BCUT2D eigenvalue weighted by Crippen LogP contribution is 2.36. The number of nitrogens with one attached hydrogen (secondary N) is 2. The van der Waals surface area contributed by atoms with E-state index in [0.717, 1.165) is 36.5 Å². The fourth-order valence-corrected chi connectivity index (χ4v) is 3.70. The molecule has 0 radical (unpaired) electrons. The number of hydrogen-bond donors (Lipinski definition) is 2. The zero-order valence-corrected chi connectivity index (χ0v) is 16.9. The second-order valence-corrected chi connectivity index (χ2v) is 7.32. The summed E-state index contributed by atoms with van der Waals surface area (Å²) in [7, 11) is 0. The van der Waals surface area contributed by atoms with Crippen molar-refractivity contribution in [3.63, 3.8) is 0 Å². The van der Waals surface area contributed by atoms with Gasteiger partial charge >= 0.3 is 0 Å². The molecule has 0 bridgehead atoms. The number of H-pyrrole nitrogens is 1. The van der Waals surface area contributed by atoms with Crippen molar-refractivity contribution in [2.45, 2.75) is 25.8 Å². The number of rotatable bonds is 5. The first-order valence-corrected chi connectivity index (χ1v) is 9.98. The molecule has 2 N–H and O–H groups in total. The molecule has 1 aliphatic heterocycles. The summed E-state index contributed by atoms with van der Waals surface area (Å²) < 4.78 is 5.68. The molecule has 0 aromatic carbocycles. The second kappa shape index (κ2) is 7.91. The lowest BCUT2D eigenvalue weighted by molar-refractivity contribution is 0.362. The summed E-state index contributed by atoms with van der Waals surface area (Å²) in [6.45, 7) is 2.73. The quantitative estimate of drug-likeness (QED) is 0.479. The predicted molar refractivity (Wildman–Crippen MR) is 116 cm³/mol. The van der Waals surface area contributed by atoms with E-state index >= 15 is 0 Å². The van der Waals surface area contributed by atoms with Gasteiger partial charge in [-0.15, -0.1) is 6.42 Å². The molecule has 9 nitrogen and oxygen atoms in total. The van der Waals surface area contributed by atoms with Crippen LogP contribution in [0.4, 0.5) is 17.6 Å². The lowest BCUT2D eigenvalue weighted by Gasteiger charge is -2.23. The molecule has 1 atom stereocenters. The Hall–Kier alpha value is -4.19. The van der Waals surface area contributed by atoms with E-state index in [1.807, 2.05) is 37.3 Å². The minimum Gasteiger partial charge on any atom is -0.358 e. The van der Waals surface area contributed by atoms with E-state index in [2.05, 4.69) is 41.5 Å². The summed E-state index contributed by atoms with van der Waals surface area (Å²) in [5.41, 5.74) is 2.99. The lowest BCUT2D eigenvalue weighted by atomic mass is 10.1. The molecule has 4 aromatic rings. The molecule has 1 saturated heterocycles. The Balaban J connectivity index is 1.43. The van der Waals surface area contributed by atoms with Crippen molar-refractivity contribution in [1.82, 2.24) is 30.3 Å². The largest absolute Gasteiger partial charge is 0.358 e. The normalized spacial score (nSPS) is 15.7. The van der Waals surface area contributed by atoms with Crippen LogP contribution in [-0.2, 0) is 0 Å². The summed E-state index contributed by atoms with van der Waals surface area (Å²) >= 11 is 0. The Morgan fingerprint density at radius 2 is 2.19 bits per heavy atom. The van der Waals surface area contributed by atoms with Crippen LogP contribution in [-0.4, -0.2) is 36.9 Å². The van der Waals surface area contributed by atoms with Gasteiger partial charge in [0.1, 0.15) is 5.69 Å². The van der Waals surface area contributed by atoms with Crippen molar-refractivity contribution in [2.75, 3.05) is 16.8 Å². The molecule has 0 saturated carbocycles. The number of aromatic amines is 1. The third kappa shape index (κ3) is 3.71. The third-order valence-corrected chi connectivity index (χ3v) is 5.18. The summed E-state index contributed by atoms with van der Waals surface area (Å²) in [6, 6.07) is 9.51. The molecule has 31 heavy (non-hydrogen) atoms. The molecule has 1 fully saturated rings. The van der Waals surface area contributed by atoms with Crippen LogP contribution >= 0.6 is 0 Å². The maximum absolute atomic E-state index is 5.68. The maximum atomic E-state index is 5.68.